The zero-order chi connectivity index (χ0) is 23.0. The predicted molar refractivity (Wildman–Crippen MR) is 104 cm³/mol. The number of ketones is 2. The maximum Gasteiger partial charge on any atom is 0.422 e. The first-order chi connectivity index (χ1) is 14.4. The molecule has 0 fully saturated rings. The van der Waals surface area contributed by atoms with E-state index in [0.717, 1.165) is 0 Å². The maximum atomic E-state index is 12.8. The van der Waals surface area contributed by atoms with Gasteiger partial charge in [-0.05, 0) is 18.4 Å². The quantitative estimate of drug-likeness (QED) is 0.543. The fourth-order valence-corrected chi connectivity index (χ4v) is 3.45. The number of Topliss-reactive ketones (excluding diaryl/α,β-unsaturated/α-hetero) is 2. The molecule has 2 heterocycles. The third-order valence-corrected chi connectivity index (χ3v) is 4.94. The Kier molecular flexibility index (Phi) is 5.93. The van der Waals surface area contributed by atoms with E-state index >= 15 is 0 Å². The fourth-order valence-electron chi connectivity index (χ4n) is 3.45. The molecule has 7 nitrogen and oxygen atoms in total. The van der Waals surface area contributed by atoms with Gasteiger partial charge in [0.1, 0.15) is 17.1 Å². The van der Waals surface area contributed by atoms with E-state index in [2.05, 4.69) is 10.1 Å². The monoisotopic (exact) mass is 437 g/mol. The third kappa shape index (κ3) is 5.31. The number of carbonyl (C=O) groups is 2. The molecular weight excluding hydrogens is 415 g/mol. The summed E-state index contributed by atoms with van der Waals surface area (Å²) >= 11 is 0. The summed E-state index contributed by atoms with van der Waals surface area (Å²) in [7, 11) is 0. The Morgan fingerprint density at radius 1 is 1.32 bits per heavy atom. The van der Waals surface area contributed by atoms with Gasteiger partial charge in [0, 0.05) is 30.8 Å². The van der Waals surface area contributed by atoms with E-state index in [1.54, 1.807) is 6.92 Å². The van der Waals surface area contributed by atoms with Crippen LogP contribution in [-0.4, -0.2) is 44.2 Å². The number of aromatic nitrogens is 3. The second-order valence-corrected chi connectivity index (χ2v) is 8.30. The summed E-state index contributed by atoms with van der Waals surface area (Å²) in [6.07, 6.45) is -0.0785. The Balaban J connectivity index is 1.78. The minimum atomic E-state index is -4.46. The number of halogens is 3. The normalized spacial score (nSPS) is 16.5. The first kappa shape index (κ1) is 22.5. The van der Waals surface area contributed by atoms with E-state index < -0.39 is 29.8 Å². The molecule has 1 aliphatic carbocycles. The molecule has 0 saturated carbocycles. The molecule has 0 saturated heterocycles. The highest BCUT2D eigenvalue weighted by Crippen LogP contribution is 2.36. The van der Waals surface area contributed by atoms with E-state index in [1.807, 2.05) is 13.8 Å². The lowest BCUT2D eigenvalue weighted by atomic mass is 9.75. The zero-order valence-electron chi connectivity index (χ0n) is 17.3. The summed E-state index contributed by atoms with van der Waals surface area (Å²) in [4.78, 5) is 29.3. The fraction of sp³-hybridized carbons (Fsp3) is 0.429. The van der Waals surface area contributed by atoms with E-state index in [1.165, 1.54) is 29.3 Å². The summed E-state index contributed by atoms with van der Waals surface area (Å²) < 4.78 is 43.5. The van der Waals surface area contributed by atoms with Crippen LogP contribution < -0.4 is 4.74 Å². The molecule has 2 aromatic rings. The molecule has 0 radical (unpaired) electrons. The van der Waals surface area contributed by atoms with Crippen molar-refractivity contribution in [3.8, 4) is 5.75 Å². The van der Waals surface area contributed by atoms with Crippen molar-refractivity contribution in [1.29, 1.82) is 0 Å². The van der Waals surface area contributed by atoms with Crippen LogP contribution in [0.5, 0.6) is 5.75 Å². The Morgan fingerprint density at radius 3 is 2.68 bits per heavy atom. The van der Waals surface area contributed by atoms with Crippen molar-refractivity contribution in [3.05, 3.63) is 52.8 Å². The van der Waals surface area contributed by atoms with Crippen molar-refractivity contribution in [3.63, 3.8) is 0 Å². The van der Waals surface area contributed by atoms with Gasteiger partial charge >= 0.3 is 6.18 Å². The number of nitrogens with zero attached hydrogens (tertiary/aromatic N) is 3. The average molecular weight is 437 g/mol. The van der Waals surface area contributed by atoms with Gasteiger partial charge in [0.2, 0.25) is 5.78 Å². The number of pyridine rings is 1. The summed E-state index contributed by atoms with van der Waals surface area (Å²) in [5.74, 6) is -1.21. The largest absolute Gasteiger partial charge is 0.511 e. The highest BCUT2D eigenvalue weighted by molar-refractivity contribution is 6.26. The smallest absolute Gasteiger partial charge is 0.422 e. The highest BCUT2D eigenvalue weighted by Gasteiger charge is 2.36. The number of alkyl halides is 3. The van der Waals surface area contributed by atoms with Crippen LogP contribution >= 0.6 is 0 Å². The first-order valence-corrected chi connectivity index (χ1v) is 9.53. The number of hydrogen-bond donors (Lipinski definition) is 1. The van der Waals surface area contributed by atoms with Gasteiger partial charge in [-0.3, -0.25) is 19.3 Å². The van der Waals surface area contributed by atoms with Gasteiger partial charge in [-0.1, -0.05) is 13.8 Å². The average Bonchev–Trinajstić information content (AvgIpc) is 3.08. The van der Waals surface area contributed by atoms with E-state index in [9.17, 15) is 27.9 Å². The molecular formula is C21H22F3N3O4. The lowest BCUT2D eigenvalue weighted by Gasteiger charge is -2.28. The van der Waals surface area contributed by atoms with Gasteiger partial charge in [0.15, 0.2) is 12.4 Å². The van der Waals surface area contributed by atoms with Gasteiger partial charge in [-0.15, -0.1) is 0 Å². The van der Waals surface area contributed by atoms with Crippen LogP contribution in [0.25, 0.3) is 0 Å². The summed E-state index contributed by atoms with van der Waals surface area (Å²) in [6, 6.07) is 1.34. The van der Waals surface area contributed by atoms with Crippen LogP contribution in [0.4, 0.5) is 13.2 Å². The molecule has 0 atom stereocenters. The lowest BCUT2D eigenvalue weighted by Crippen LogP contribution is -2.29. The van der Waals surface area contributed by atoms with E-state index in [-0.39, 0.29) is 42.0 Å². The number of ether oxygens (including phenoxy) is 1. The van der Waals surface area contributed by atoms with Gasteiger partial charge in [0.25, 0.3) is 0 Å². The van der Waals surface area contributed by atoms with Crippen LogP contribution in [0.3, 0.4) is 0 Å². The molecule has 2 aromatic heterocycles. The second kappa shape index (κ2) is 8.16. The molecule has 166 valence electrons. The van der Waals surface area contributed by atoms with Crippen molar-refractivity contribution in [1.82, 2.24) is 14.8 Å². The minimum absolute atomic E-state index is 0.0521. The standard InChI is InChI=1S/C21H22F3N3O4/c1-12-14(25-5-4-17(12)31-11-21(22,23)24)10-27-9-13(8-26-27)19(30)18-15(28)6-20(2,3)7-16(18)29/h4-5,8-9,28H,6-7,10-11H2,1-3H3. The molecule has 1 aliphatic rings. The molecule has 0 unspecified atom stereocenters. The van der Waals surface area contributed by atoms with Crippen molar-refractivity contribution in [2.45, 2.75) is 46.3 Å². The number of hydrogen-bond acceptors (Lipinski definition) is 6. The van der Waals surface area contributed by atoms with Crippen molar-refractivity contribution in [2.75, 3.05) is 6.61 Å². The van der Waals surface area contributed by atoms with Crippen LogP contribution in [0.2, 0.25) is 0 Å². The van der Waals surface area contributed by atoms with Crippen LogP contribution in [0, 0.1) is 12.3 Å². The molecule has 0 amide bonds. The molecule has 0 aliphatic heterocycles. The Morgan fingerprint density at radius 2 is 2.03 bits per heavy atom. The van der Waals surface area contributed by atoms with Crippen LogP contribution in [0.1, 0.15) is 48.3 Å². The lowest BCUT2D eigenvalue weighted by molar-refractivity contribution is -0.153. The van der Waals surface area contributed by atoms with E-state index in [4.69, 9.17) is 4.74 Å². The topological polar surface area (TPSA) is 94.3 Å². The first-order valence-electron chi connectivity index (χ1n) is 9.53. The number of aliphatic hydroxyl groups excluding tert-OH is 1. The second-order valence-electron chi connectivity index (χ2n) is 8.30. The number of allylic oxidation sites excluding steroid dienone is 2. The van der Waals surface area contributed by atoms with Gasteiger partial charge in [0.05, 0.1) is 24.0 Å². The number of aliphatic hydroxyl groups is 1. The van der Waals surface area contributed by atoms with Crippen LogP contribution in [0.15, 0.2) is 36.0 Å². The summed E-state index contributed by atoms with van der Waals surface area (Å²) in [5.41, 5.74) is 0.310. The van der Waals surface area contributed by atoms with Gasteiger partial charge < -0.3 is 9.84 Å². The van der Waals surface area contributed by atoms with Crippen molar-refractivity contribution >= 4 is 11.6 Å². The maximum absolute atomic E-state index is 12.8. The summed E-state index contributed by atoms with van der Waals surface area (Å²) in [5, 5.41) is 14.3. The Hall–Kier alpha value is -3.17. The molecule has 31 heavy (non-hydrogen) atoms. The van der Waals surface area contributed by atoms with Gasteiger partial charge in [-0.25, -0.2) is 0 Å². The number of rotatable bonds is 6. The molecule has 3 rings (SSSR count). The highest BCUT2D eigenvalue weighted by atomic mass is 19.4. The molecule has 0 aromatic carbocycles. The van der Waals surface area contributed by atoms with Crippen LogP contribution in [-0.2, 0) is 11.3 Å². The zero-order valence-corrected chi connectivity index (χ0v) is 17.3. The molecule has 1 N–H and O–H groups in total. The predicted octanol–water partition coefficient (Wildman–Crippen LogP) is 3.96. The molecule has 10 heteroatoms. The SMILES string of the molecule is Cc1c(OCC(F)(F)F)ccnc1Cn1cc(C(=O)C2=C(O)CC(C)(C)CC2=O)cn1. The minimum Gasteiger partial charge on any atom is -0.511 e. The summed E-state index contributed by atoms with van der Waals surface area (Å²) in [6.45, 7) is 3.91. The molecule has 0 spiro atoms. The van der Waals surface area contributed by atoms with Gasteiger partial charge in [-0.2, -0.15) is 18.3 Å². The van der Waals surface area contributed by atoms with Crippen molar-refractivity contribution < 1.29 is 32.6 Å². The van der Waals surface area contributed by atoms with E-state index in [0.29, 0.717) is 11.3 Å². The van der Waals surface area contributed by atoms with Crippen molar-refractivity contribution in [2.24, 2.45) is 5.41 Å². The molecule has 0 bridgehead atoms. The number of carbonyl (C=O) groups excluding carboxylic acids is 2. The third-order valence-electron chi connectivity index (χ3n) is 4.94. The Bertz CT molecular complexity index is 1050. The Labute approximate surface area is 176 Å².